The zero-order valence-electron chi connectivity index (χ0n) is 18.3. The summed E-state index contributed by atoms with van der Waals surface area (Å²) >= 11 is 0. The van der Waals surface area contributed by atoms with Crippen molar-refractivity contribution in [1.29, 1.82) is 5.26 Å². The van der Waals surface area contributed by atoms with Gasteiger partial charge < -0.3 is 19.5 Å². The van der Waals surface area contributed by atoms with Crippen molar-refractivity contribution in [2.45, 2.75) is 13.5 Å². The minimum atomic E-state index is -0.520. The number of hydrogen-bond donors (Lipinski definition) is 1. The normalized spacial score (nSPS) is 10.2. The fourth-order valence-electron chi connectivity index (χ4n) is 3.35. The molecule has 0 saturated carbocycles. The minimum absolute atomic E-state index is 0.00889. The molecule has 0 unspecified atom stereocenters. The number of rotatable bonds is 7. The lowest BCUT2D eigenvalue weighted by Gasteiger charge is -2.15. The van der Waals surface area contributed by atoms with Crippen LogP contribution in [-0.2, 0) is 6.54 Å². The second-order valence-corrected chi connectivity index (χ2v) is 6.91. The van der Waals surface area contributed by atoms with Crippen molar-refractivity contribution < 1.29 is 19.0 Å². The predicted molar refractivity (Wildman–Crippen MR) is 119 cm³/mol. The molecule has 3 aromatic rings. The van der Waals surface area contributed by atoms with Gasteiger partial charge in [-0.3, -0.25) is 14.2 Å². The minimum Gasteiger partial charge on any atom is -0.493 e. The number of nitrogens with one attached hydrogen (secondary N) is 1. The van der Waals surface area contributed by atoms with Crippen molar-refractivity contribution >= 4 is 5.91 Å². The van der Waals surface area contributed by atoms with E-state index in [2.05, 4.69) is 11.4 Å². The van der Waals surface area contributed by atoms with E-state index in [9.17, 15) is 9.59 Å². The van der Waals surface area contributed by atoms with Gasteiger partial charge >= 0.3 is 0 Å². The van der Waals surface area contributed by atoms with Gasteiger partial charge in [0.25, 0.3) is 11.5 Å². The highest BCUT2D eigenvalue weighted by atomic mass is 16.5. The van der Waals surface area contributed by atoms with Gasteiger partial charge in [-0.05, 0) is 55.0 Å². The Labute approximate surface area is 185 Å². The van der Waals surface area contributed by atoms with Crippen LogP contribution in [0.3, 0.4) is 0 Å². The smallest absolute Gasteiger partial charge is 0.268 e. The standard InChI is InChI=1S/C24H23N3O5/c1-15-8-9-19(24(29)27(15)18-7-5-6-16(10-18)13-25)23(28)26-14-17-11-20(30-2)22(32-4)21(12-17)31-3/h5-12H,14H2,1-4H3,(H,26,28). The maximum atomic E-state index is 13.1. The van der Waals surface area contributed by atoms with Crippen LogP contribution in [0, 0.1) is 18.3 Å². The molecule has 0 fully saturated rings. The van der Waals surface area contributed by atoms with Crippen molar-refractivity contribution in [2.24, 2.45) is 0 Å². The molecular formula is C24H23N3O5. The zero-order chi connectivity index (χ0) is 23.3. The molecule has 1 heterocycles. The number of aromatic nitrogens is 1. The van der Waals surface area contributed by atoms with Crippen molar-refractivity contribution in [1.82, 2.24) is 9.88 Å². The average molecular weight is 433 g/mol. The maximum Gasteiger partial charge on any atom is 0.268 e. The van der Waals surface area contributed by atoms with Crippen molar-refractivity contribution in [3.05, 3.63) is 81.3 Å². The van der Waals surface area contributed by atoms with Gasteiger partial charge in [0.2, 0.25) is 5.75 Å². The molecule has 3 rings (SSSR count). The lowest BCUT2D eigenvalue weighted by Crippen LogP contribution is -2.33. The van der Waals surface area contributed by atoms with Gasteiger partial charge in [-0.15, -0.1) is 0 Å². The van der Waals surface area contributed by atoms with E-state index in [1.165, 1.54) is 32.0 Å². The molecule has 0 spiro atoms. The largest absolute Gasteiger partial charge is 0.493 e. The van der Waals surface area contributed by atoms with Gasteiger partial charge in [0.15, 0.2) is 11.5 Å². The van der Waals surface area contributed by atoms with Gasteiger partial charge in [-0.25, -0.2) is 0 Å². The van der Waals surface area contributed by atoms with E-state index in [0.29, 0.717) is 39.8 Å². The molecule has 0 atom stereocenters. The third kappa shape index (κ3) is 4.42. The van der Waals surface area contributed by atoms with Gasteiger partial charge in [0.1, 0.15) is 5.56 Å². The first-order chi connectivity index (χ1) is 15.4. The molecule has 0 bridgehead atoms. The number of pyridine rings is 1. The number of ether oxygens (including phenoxy) is 3. The topological polar surface area (TPSA) is 103 Å². The Morgan fingerprint density at radius 2 is 1.72 bits per heavy atom. The number of methoxy groups -OCH3 is 3. The van der Waals surface area contributed by atoms with Crippen molar-refractivity contribution in [3.63, 3.8) is 0 Å². The Balaban J connectivity index is 1.90. The Hall–Kier alpha value is -4.25. The summed E-state index contributed by atoms with van der Waals surface area (Å²) in [6.07, 6.45) is 0. The molecule has 1 amide bonds. The molecular weight excluding hydrogens is 410 g/mol. The van der Waals surface area contributed by atoms with Crippen LogP contribution >= 0.6 is 0 Å². The number of hydrogen-bond acceptors (Lipinski definition) is 6. The Morgan fingerprint density at radius 3 is 2.31 bits per heavy atom. The quantitative estimate of drug-likeness (QED) is 0.615. The van der Waals surface area contributed by atoms with Crippen molar-refractivity contribution in [2.75, 3.05) is 21.3 Å². The highest BCUT2D eigenvalue weighted by Crippen LogP contribution is 2.38. The Bertz CT molecular complexity index is 1230. The fourth-order valence-corrected chi connectivity index (χ4v) is 3.35. The first-order valence-electron chi connectivity index (χ1n) is 9.73. The van der Waals surface area contributed by atoms with E-state index in [1.807, 2.05) is 0 Å². The second kappa shape index (κ2) is 9.71. The summed E-state index contributed by atoms with van der Waals surface area (Å²) < 4.78 is 17.4. The van der Waals surface area contributed by atoms with E-state index in [-0.39, 0.29) is 12.1 Å². The summed E-state index contributed by atoms with van der Waals surface area (Å²) in [5, 5.41) is 11.9. The number of nitriles is 1. The molecule has 0 saturated heterocycles. The SMILES string of the molecule is COc1cc(CNC(=O)c2ccc(C)n(-c3cccc(C#N)c3)c2=O)cc(OC)c1OC. The summed E-state index contributed by atoms with van der Waals surface area (Å²) in [7, 11) is 4.53. The maximum absolute atomic E-state index is 13.1. The summed E-state index contributed by atoms with van der Waals surface area (Å²) in [4.78, 5) is 25.9. The predicted octanol–water partition coefficient (Wildman–Crippen LogP) is 2.97. The van der Waals surface area contributed by atoms with Crippen LogP contribution in [-0.4, -0.2) is 31.8 Å². The third-order valence-electron chi connectivity index (χ3n) is 4.93. The molecule has 8 nitrogen and oxygen atoms in total. The van der Waals surface area contributed by atoms with E-state index < -0.39 is 11.5 Å². The average Bonchev–Trinajstić information content (AvgIpc) is 2.81. The first kappa shape index (κ1) is 22.4. The second-order valence-electron chi connectivity index (χ2n) is 6.91. The molecule has 164 valence electrons. The van der Waals surface area contributed by atoms with E-state index in [0.717, 1.165) is 0 Å². The molecule has 2 aromatic carbocycles. The van der Waals surface area contributed by atoms with Crippen LogP contribution in [0.15, 0.2) is 53.3 Å². The van der Waals surface area contributed by atoms with Gasteiger partial charge in [-0.2, -0.15) is 5.26 Å². The van der Waals surface area contributed by atoms with Gasteiger partial charge in [0, 0.05) is 12.2 Å². The lowest BCUT2D eigenvalue weighted by atomic mass is 10.1. The van der Waals surface area contributed by atoms with Gasteiger partial charge in [0.05, 0.1) is 38.6 Å². The van der Waals surface area contributed by atoms with E-state index >= 15 is 0 Å². The molecule has 0 aliphatic rings. The summed E-state index contributed by atoms with van der Waals surface area (Å²) in [5.41, 5.74) is 1.82. The van der Waals surface area contributed by atoms with Crippen LogP contribution < -0.4 is 25.1 Å². The molecule has 1 aromatic heterocycles. The molecule has 0 aliphatic heterocycles. The number of carbonyl (C=O) groups excluding carboxylic acids is 1. The summed E-state index contributed by atoms with van der Waals surface area (Å²) in [6, 6.07) is 15.3. The van der Waals surface area contributed by atoms with Crippen LogP contribution in [0.25, 0.3) is 5.69 Å². The van der Waals surface area contributed by atoms with Crippen LogP contribution in [0.2, 0.25) is 0 Å². The number of nitrogens with zero attached hydrogens (tertiary/aromatic N) is 2. The van der Waals surface area contributed by atoms with Crippen LogP contribution in [0.4, 0.5) is 0 Å². The Kier molecular flexibility index (Phi) is 6.80. The Morgan fingerprint density at radius 1 is 1.03 bits per heavy atom. The highest BCUT2D eigenvalue weighted by Gasteiger charge is 2.17. The number of benzene rings is 2. The molecule has 32 heavy (non-hydrogen) atoms. The van der Waals surface area contributed by atoms with E-state index in [1.54, 1.807) is 49.4 Å². The number of carbonyl (C=O) groups is 1. The first-order valence-corrected chi connectivity index (χ1v) is 9.73. The molecule has 8 heteroatoms. The highest BCUT2D eigenvalue weighted by molar-refractivity contribution is 5.93. The van der Waals surface area contributed by atoms with Gasteiger partial charge in [-0.1, -0.05) is 6.07 Å². The molecule has 0 aliphatic carbocycles. The van der Waals surface area contributed by atoms with Crippen molar-refractivity contribution in [3.8, 4) is 29.0 Å². The lowest BCUT2D eigenvalue weighted by molar-refractivity contribution is 0.0949. The van der Waals surface area contributed by atoms with Crippen LogP contribution in [0.1, 0.15) is 27.2 Å². The summed E-state index contributed by atoms with van der Waals surface area (Å²) in [5.74, 6) is 0.859. The number of aryl methyl sites for hydroxylation is 1. The summed E-state index contributed by atoms with van der Waals surface area (Å²) in [6.45, 7) is 1.91. The fraction of sp³-hybridized carbons (Fsp3) is 0.208. The van der Waals surface area contributed by atoms with E-state index in [4.69, 9.17) is 19.5 Å². The zero-order valence-corrected chi connectivity index (χ0v) is 18.3. The van der Waals surface area contributed by atoms with Crippen LogP contribution in [0.5, 0.6) is 17.2 Å². The third-order valence-corrected chi connectivity index (χ3v) is 4.93. The number of amides is 1. The molecule has 0 radical (unpaired) electrons. The monoisotopic (exact) mass is 433 g/mol. The molecule has 1 N–H and O–H groups in total.